The highest BCUT2D eigenvalue weighted by atomic mass is 127. The molecule has 0 aliphatic heterocycles. The fourth-order valence-electron chi connectivity index (χ4n) is 2.14. The molecule has 0 bridgehead atoms. The minimum atomic E-state index is -0.0540. The summed E-state index contributed by atoms with van der Waals surface area (Å²) in [7, 11) is 3.51. The Morgan fingerprint density at radius 2 is 2.12 bits per heavy atom. The standard InChI is InChI=1S/C16H22BrN7O.HI/c1-11-8-12(17)4-5-13(11)23-15(25)6-7-19-16(18-2)20-9-14-21-10-22-24(14)3;/h4-5,8,10H,6-7,9H2,1-3H3,(H,23,25)(H2,18,19,20);1H. The molecule has 142 valence electrons. The lowest BCUT2D eigenvalue weighted by atomic mass is 10.2. The van der Waals surface area contributed by atoms with Crippen LogP contribution in [0.2, 0.25) is 0 Å². The van der Waals surface area contributed by atoms with E-state index in [2.05, 4.69) is 47.0 Å². The summed E-state index contributed by atoms with van der Waals surface area (Å²) in [6, 6.07) is 5.75. The maximum atomic E-state index is 12.1. The topological polar surface area (TPSA) is 96.2 Å². The zero-order chi connectivity index (χ0) is 18.2. The average Bonchev–Trinajstić information content (AvgIpc) is 2.98. The van der Waals surface area contributed by atoms with Gasteiger partial charge in [-0.1, -0.05) is 15.9 Å². The molecule has 2 aromatic rings. The zero-order valence-corrected chi connectivity index (χ0v) is 18.8. The van der Waals surface area contributed by atoms with Crippen molar-refractivity contribution in [3.05, 3.63) is 40.4 Å². The third kappa shape index (κ3) is 6.90. The summed E-state index contributed by atoms with van der Waals surface area (Å²) in [6.07, 6.45) is 1.84. The van der Waals surface area contributed by atoms with Crippen LogP contribution in [-0.4, -0.2) is 40.2 Å². The maximum Gasteiger partial charge on any atom is 0.226 e. The fraction of sp³-hybridized carbons (Fsp3) is 0.375. The molecule has 8 nitrogen and oxygen atoms in total. The van der Waals surface area contributed by atoms with Crippen molar-refractivity contribution in [1.29, 1.82) is 0 Å². The molecule has 0 spiro atoms. The van der Waals surface area contributed by atoms with Crippen LogP contribution < -0.4 is 16.0 Å². The first-order valence-electron chi connectivity index (χ1n) is 7.83. The smallest absolute Gasteiger partial charge is 0.226 e. The van der Waals surface area contributed by atoms with Crippen molar-refractivity contribution >= 4 is 57.5 Å². The highest BCUT2D eigenvalue weighted by Crippen LogP contribution is 2.19. The number of carbonyl (C=O) groups is 1. The van der Waals surface area contributed by atoms with Crippen LogP contribution >= 0.6 is 39.9 Å². The molecule has 0 saturated carbocycles. The molecule has 0 unspecified atom stereocenters. The highest BCUT2D eigenvalue weighted by Gasteiger charge is 2.07. The average molecular weight is 536 g/mol. The highest BCUT2D eigenvalue weighted by molar-refractivity contribution is 14.0. The lowest BCUT2D eigenvalue weighted by Crippen LogP contribution is -2.38. The Morgan fingerprint density at radius 1 is 1.35 bits per heavy atom. The Bertz CT molecular complexity index is 763. The van der Waals surface area contributed by atoms with Crippen molar-refractivity contribution in [2.24, 2.45) is 12.0 Å². The number of aryl methyl sites for hydroxylation is 2. The second-order valence-electron chi connectivity index (χ2n) is 5.41. The Kier molecular flexibility index (Phi) is 9.55. The third-order valence-electron chi connectivity index (χ3n) is 3.55. The Morgan fingerprint density at radius 3 is 2.73 bits per heavy atom. The van der Waals surface area contributed by atoms with E-state index >= 15 is 0 Å². The van der Waals surface area contributed by atoms with E-state index in [1.165, 1.54) is 6.33 Å². The first-order valence-corrected chi connectivity index (χ1v) is 8.62. The van der Waals surface area contributed by atoms with Gasteiger partial charge in [0.1, 0.15) is 12.2 Å². The van der Waals surface area contributed by atoms with Gasteiger partial charge in [-0.2, -0.15) is 5.10 Å². The van der Waals surface area contributed by atoms with E-state index in [-0.39, 0.29) is 29.9 Å². The quantitative estimate of drug-likeness (QED) is 0.299. The van der Waals surface area contributed by atoms with Crippen molar-refractivity contribution < 1.29 is 4.79 Å². The van der Waals surface area contributed by atoms with E-state index in [4.69, 9.17) is 0 Å². The minimum absolute atomic E-state index is 0. The lowest BCUT2D eigenvalue weighted by Gasteiger charge is -2.12. The molecule has 0 radical (unpaired) electrons. The van der Waals surface area contributed by atoms with Crippen LogP contribution in [0.4, 0.5) is 5.69 Å². The predicted molar refractivity (Wildman–Crippen MR) is 117 cm³/mol. The molecular weight excluding hydrogens is 513 g/mol. The van der Waals surface area contributed by atoms with Gasteiger partial charge in [0.15, 0.2) is 5.96 Å². The van der Waals surface area contributed by atoms with Crippen molar-refractivity contribution in [3.63, 3.8) is 0 Å². The van der Waals surface area contributed by atoms with Crippen molar-refractivity contribution in [2.75, 3.05) is 18.9 Å². The number of hydrogen-bond acceptors (Lipinski definition) is 4. The summed E-state index contributed by atoms with van der Waals surface area (Å²) in [5.41, 5.74) is 1.83. The van der Waals surface area contributed by atoms with Crippen LogP contribution in [0.25, 0.3) is 0 Å². The number of carbonyl (C=O) groups excluding carboxylic acids is 1. The zero-order valence-electron chi connectivity index (χ0n) is 14.9. The summed E-state index contributed by atoms with van der Waals surface area (Å²) in [5.74, 6) is 1.35. The number of halogens is 2. The van der Waals surface area contributed by atoms with Crippen molar-refractivity contribution in [3.8, 4) is 0 Å². The Labute approximate surface area is 178 Å². The van der Waals surface area contributed by atoms with Gasteiger partial charge in [0.2, 0.25) is 5.91 Å². The molecule has 0 fully saturated rings. The van der Waals surface area contributed by atoms with Crippen molar-refractivity contribution in [1.82, 2.24) is 25.4 Å². The SMILES string of the molecule is CN=C(NCCC(=O)Nc1ccc(Br)cc1C)NCc1ncnn1C.I. The van der Waals surface area contributed by atoms with Gasteiger partial charge >= 0.3 is 0 Å². The Balaban J connectivity index is 0.00000338. The molecule has 10 heteroatoms. The van der Waals surface area contributed by atoms with E-state index in [1.54, 1.807) is 11.7 Å². The third-order valence-corrected chi connectivity index (χ3v) is 4.04. The van der Waals surface area contributed by atoms with Gasteiger partial charge in [-0.05, 0) is 30.7 Å². The molecule has 2 rings (SSSR count). The molecule has 0 atom stereocenters. The molecule has 1 aromatic heterocycles. The van der Waals surface area contributed by atoms with E-state index in [0.717, 1.165) is 21.5 Å². The maximum absolute atomic E-state index is 12.1. The summed E-state index contributed by atoms with van der Waals surface area (Å²) in [6.45, 7) is 2.93. The molecule has 0 saturated heterocycles. The van der Waals surface area contributed by atoms with Crippen LogP contribution in [0.1, 0.15) is 17.8 Å². The molecule has 26 heavy (non-hydrogen) atoms. The van der Waals surface area contributed by atoms with Gasteiger partial charge in [0, 0.05) is 37.2 Å². The number of nitrogens with zero attached hydrogens (tertiary/aromatic N) is 4. The summed E-state index contributed by atoms with van der Waals surface area (Å²) < 4.78 is 2.68. The van der Waals surface area contributed by atoms with Gasteiger partial charge in [0.05, 0.1) is 6.54 Å². The monoisotopic (exact) mass is 535 g/mol. The minimum Gasteiger partial charge on any atom is -0.356 e. The number of amides is 1. The molecule has 1 aromatic carbocycles. The van der Waals surface area contributed by atoms with E-state index in [0.29, 0.717) is 25.5 Å². The van der Waals surface area contributed by atoms with Gasteiger partial charge in [-0.25, -0.2) is 4.98 Å². The second kappa shape index (κ2) is 11.1. The first-order chi connectivity index (χ1) is 12.0. The van der Waals surface area contributed by atoms with Gasteiger partial charge in [0.25, 0.3) is 0 Å². The van der Waals surface area contributed by atoms with E-state index in [1.807, 2.05) is 32.2 Å². The molecule has 3 N–H and O–H groups in total. The number of hydrogen-bond donors (Lipinski definition) is 3. The Hall–Kier alpha value is -1.69. The molecular formula is C16H23BrIN7O. The van der Waals surface area contributed by atoms with Crippen molar-refractivity contribution in [2.45, 2.75) is 19.9 Å². The van der Waals surface area contributed by atoms with Crippen LogP contribution in [0.15, 0.2) is 34.0 Å². The normalized spacial score (nSPS) is 10.8. The number of benzene rings is 1. The predicted octanol–water partition coefficient (Wildman–Crippen LogP) is 2.20. The number of guanidine groups is 1. The number of anilines is 1. The number of rotatable bonds is 6. The number of aliphatic imine (C=N–C) groups is 1. The summed E-state index contributed by atoms with van der Waals surface area (Å²) in [4.78, 5) is 20.3. The van der Waals surface area contributed by atoms with Gasteiger partial charge < -0.3 is 16.0 Å². The largest absolute Gasteiger partial charge is 0.356 e. The first kappa shape index (κ1) is 22.4. The van der Waals surface area contributed by atoms with Gasteiger partial charge in [-0.3, -0.25) is 14.5 Å². The number of nitrogens with one attached hydrogen (secondary N) is 3. The molecule has 0 aliphatic rings. The molecule has 1 amide bonds. The summed E-state index contributed by atoms with van der Waals surface area (Å²) >= 11 is 3.41. The van der Waals surface area contributed by atoms with Crippen LogP contribution in [0.3, 0.4) is 0 Å². The molecule has 0 aliphatic carbocycles. The van der Waals surface area contributed by atoms with E-state index in [9.17, 15) is 4.79 Å². The number of aromatic nitrogens is 3. The van der Waals surface area contributed by atoms with Gasteiger partial charge in [-0.15, -0.1) is 24.0 Å². The lowest BCUT2D eigenvalue weighted by molar-refractivity contribution is -0.116. The van der Waals surface area contributed by atoms with Crippen LogP contribution in [0, 0.1) is 6.92 Å². The van der Waals surface area contributed by atoms with Crippen LogP contribution in [0.5, 0.6) is 0 Å². The molecule has 1 heterocycles. The second-order valence-corrected chi connectivity index (χ2v) is 6.33. The van der Waals surface area contributed by atoms with E-state index < -0.39 is 0 Å². The fourth-order valence-corrected chi connectivity index (χ4v) is 2.61. The van der Waals surface area contributed by atoms with Crippen LogP contribution in [-0.2, 0) is 18.4 Å². The summed E-state index contributed by atoms with van der Waals surface area (Å²) in [5, 5.41) is 13.2.